The van der Waals surface area contributed by atoms with Gasteiger partial charge in [0.15, 0.2) is 0 Å². The minimum absolute atomic E-state index is 0.00558. The fraction of sp³-hybridized carbons (Fsp3) is 0.588. The van der Waals surface area contributed by atoms with E-state index < -0.39 is 0 Å². The van der Waals surface area contributed by atoms with Crippen LogP contribution in [0.2, 0.25) is 0 Å². The van der Waals surface area contributed by atoms with Gasteiger partial charge in [0.1, 0.15) is 6.10 Å². The van der Waals surface area contributed by atoms with Gasteiger partial charge in [-0.1, -0.05) is 51.1 Å². The number of hydrogen-bond donors (Lipinski definition) is 1. The van der Waals surface area contributed by atoms with Crippen molar-refractivity contribution in [2.75, 3.05) is 26.7 Å². The van der Waals surface area contributed by atoms with Gasteiger partial charge in [-0.3, -0.25) is 4.79 Å². The summed E-state index contributed by atoms with van der Waals surface area (Å²) in [6.45, 7) is 8.13. The number of amides is 1. The number of ether oxygens (including phenoxy) is 1. The van der Waals surface area contributed by atoms with Crippen LogP contribution in [0.4, 0.5) is 0 Å². The fourth-order valence-corrected chi connectivity index (χ4v) is 2.56. The van der Waals surface area contributed by atoms with Gasteiger partial charge in [0.2, 0.25) is 5.91 Å². The van der Waals surface area contributed by atoms with Crippen LogP contribution < -0.4 is 5.32 Å². The monoisotopic (exact) mass is 290 g/mol. The van der Waals surface area contributed by atoms with E-state index >= 15 is 0 Å². The molecule has 0 aliphatic carbocycles. The smallest absolute Gasteiger partial charge is 0.236 e. The molecular formula is C17H26N2O2. The molecule has 0 unspecified atom stereocenters. The standard InChI is InChI=1S/C17H26N2O2/c1-17(2,3)15-12-19(16(20)10-18-4)11-14(21-15)13-8-6-5-7-9-13/h5-9,14-15,18H,10-12H2,1-4H3/t14-,15+/m0/s1. The molecule has 1 N–H and O–H groups in total. The van der Waals surface area contributed by atoms with Crippen molar-refractivity contribution in [3.63, 3.8) is 0 Å². The molecule has 0 radical (unpaired) electrons. The number of carbonyl (C=O) groups excluding carboxylic acids is 1. The Morgan fingerprint density at radius 1 is 1.29 bits per heavy atom. The topological polar surface area (TPSA) is 41.6 Å². The van der Waals surface area contributed by atoms with Gasteiger partial charge in [0, 0.05) is 6.54 Å². The first-order valence-corrected chi connectivity index (χ1v) is 7.54. The summed E-state index contributed by atoms with van der Waals surface area (Å²) in [5, 5.41) is 2.94. The van der Waals surface area contributed by atoms with Gasteiger partial charge in [-0.15, -0.1) is 0 Å². The van der Waals surface area contributed by atoms with E-state index in [0.717, 1.165) is 5.56 Å². The molecule has 1 aliphatic heterocycles. The molecule has 1 fully saturated rings. The van der Waals surface area contributed by atoms with Crippen molar-refractivity contribution in [3.8, 4) is 0 Å². The Kier molecular flexibility index (Phi) is 5.01. The largest absolute Gasteiger partial charge is 0.366 e. The van der Waals surface area contributed by atoms with Crippen LogP contribution in [0.3, 0.4) is 0 Å². The third kappa shape index (κ3) is 4.05. The SMILES string of the molecule is CNCC(=O)N1C[C@@H](c2ccccc2)O[C@@H](C(C)(C)C)C1. The van der Waals surface area contributed by atoms with Gasteiger partial charge < -0.3 is 15.0 Å². The Morgan fingerprint density at radius 2 is 1.95 bits per heavy atom. The average Bonchev–Trinajstić information content (AvgIpc) is 2.47. The van der Waals surface area contributed by atoms with E-state index in [1.165, 1.54) is 0 Å². The van der Waals surface area contributed by atoms with Crippen LogP contribution in [0.5, 0.6) is 0 Å². The lowest BCUT2D eigenvalue weighted by Gasteiger charge is -2.43. The molecule has 21 heavy (non-hydrogen) atoms. The molecule has 0 bridgehead atoms. The maximum absolute atomic E-state index is 12.3. The maximum Gasteiger partial charge on any atom is 0.236 e. The third-order valence-electron chi connectivity index (χ3n) is 3.92. The summed E-state index contributed by atoms with van der Waals surface area (Å²) in [4.78, 5) is 14.2. The van der Waals surface area contributed by atoms with E-state index in [9.17, 15) is 4.79 Å². The molecule has 116 valence electrons. The lowest BCUT2D eigenvalue weighted by atomic mass is 9.87. The second-order valence-electron chi connectivity index (χ2n) is 6.72. The van der Waals surface area contributed by atoms with Gasteiger partial charge in [-0.25, -0.2) is 0 Å². The van der Waals surface area contributed by atoms with E-state index in [1.54, 1.807) is 7.05 Å². The normalized spacial score (nSPS) is 23.1. The molecule has 2 rings (SSSR count). The molecule has 1 saturated heterocycles. The zero-order valence-electron chi connectivity index (χ0n) is 13.4. The van der Waals surface area contributed by atoms with Crippen molar-refractivity contribution in [2.24, 2.45) is 5.41 Å². The Labute approximate surface area is 127 Å². The molecule has 1 amide bonds. The van der Waals surface area contributed by atoms with Crippen LogP contribution >= 0.6 is 0 Å². The molecular weight excluding hydrogens is 264 g/mol. The van der Waals surface area contributed by atoms with Crippen molar-refractivity contribution in [1.29, 1.82) is 0 Å². The van der Waals surface area contributed by atoms with Crippen LogP contribution in [0.15, 0.2) is 30.3 Å². The van der Waals surface area contributed by atoms with Crippen LogP contribution in [-0.2, 0) is 9.53 Å². The molecule has 4 nitrogen and oxygen atoms in total. The Hall–Kier alpha value is -1.39. The van der Waals surface area contributed by atoms with Crippen molar-refractivity contribution in [1.82, 2.24) is 10.2 Å². The van der Waals surface area contributed by atoms with Gasteiger partial charge >= 0.3 is 0 Å². The number of morpholine rings is 1. The number of carbonyl (C=O) groups is 1. The highest BCUT2D eigenvalue weighted by Gasteiger charge is 2.37. The predicted molar refractivity (Wildman–Crippen MR) is 84.0 cm³/mol. The zero-order chi connectivity index (χ0) is 15.5. The second-order valence-corrected chi connectivity index (χ2v) is 6.72. The fourth-order valence-electron chi connectivity index (χ4n) is 2.56. The van der Waals surface area contributed by atoms with Gasteiger partial charge in [0.05, 0.1) is 19.2 Å². The number of likely N-dealkylation sites (N-methyl/N-ethyl adjacent to an activating group) is 1. The molecule has 1 aromatic rings. The average molecular weight is 290 g/mol. The first kappa shape index (κ1) is 16.0. The summed E-state index contributed by atoms with van der Waals surface area (Å²) in [5.74, 6) is 0.135. The lowest BCUT2D eigenvalue weighted by Crippen LogP contribution is -2.52. The summed E-state index contributed by atoms with van der Waals surface area (Å²) in [7, 11) is 1.80. The molecule has 1 aliphatic rings. The highest BCUT2D eigenvalue weighted by Crippen LogP contribution is 2.33. The second kappa shape index (κ2) is 6.58. The van der Waals surface area contributed by atoms with Crippen LogP contribution in [0.25, 0.3) is 0 Å². The minimum atomic E-state index is -0.0509. The summed E-state index contributed by atoms with van der Waals surface area (Å²) in [6.07, 6.45) is -0.0118. The third-order valence-corrected chi connectivity index (χ3v) is 3.92. The molecule has 4 heteroatoms. The molecule has 0 saturated carbocycles. The van der Waals surface area contributed by atoms with Gasteiger partial charge in [-0.2, -0.15) is 0 Å². The molecule has 1 heterocycles. The highest BCUT2D eigenvalue weighted by atomic mass is 16.5. The van der Waals surface area contributed by atoms with Crippen molar-refractivity contribution >= 4 is 5.91 Å². The summed E-state index contributed by atoms with van der Waals surface area (Å²) in [5.41, 5.74) is 1.14. The van der Waals surface area contributed by atoms with Crippen LogP contribution in [0, 0.1) is 5.41 Å². The molecule has 0 spiro atoms. The summed E-state index contributed by atoms with van der Waals surface area (Å²) in [6, 6.07) is 10.2. The number of benzene rings is 1. The van der Waals surface area contributed by atoms with Crippen LogP contribution in [0.1, 0.15) is 32.4 Å². The zero-order valence-corrected chi connectivity index (χ0v) is 13.4. The molecule has 2 atom stereocenters. The van der Waals surface area contributed by atoms with Gasteiger partial charge in [0.25, 0.3) is 0 Å². The van der Waals surface area contributed by atoms with Gasteiger partial charge in [-0.05, 0) is 18.0 Å². The molecule has 1 aromatic carbocycles. The van der Waals surface area contributed by atoms with E-state index in [0.29, 0.717) is 19.6 Å². The molecule has 0 aromatic heterocycles. The quantitative estimate of drug-likeness (QED) is 0.928. The number of nitrogens with zero attached hydrogens (tertiary/aromatic N) is 1. The van der Waals surface area contributed by atoms with E-state index in [1.807, 2.05) is 23.1 Å². The van der Waals surface area contributed by atoms with E-state index in [4.69, 9.17) is 4.74 Å². The first-order valence-electron chi connectivity index (χ1n) is 7.54. The van der Waals surface area contributed by atoms with Crippen LogP contribution in [-0.4, -0.2) is 43.6 Å². The maximum atomic E-state index is 12.3. The van der Waals surface area contributed by atoms with E-state index in [2.05, 4.69) is 38.2 Å². The first-order chi connectivity index (χ1) is 9.91. The van der Waals surface area contributed by atoms with Crippen molar-refractivity contribution in [3.05, 3.63) is 35.9 Å². The summed E-state index contributed by atoms with van der Waals surface area (Å²) >= 11 is 0. The Balaban J connectivity index is 2.20. The predicted octanol–water partition coefficient (Wildman–Crippen LogP) is 2.22. The minimum Gasteiger partial charge on any atom is -0.366 e. The summed E-state index contributed by atoms with van der Waals surface area (Å²) < 4.78 is 6.28. The Bertz CT molecular complexity index is 467. The number of rotatable bonds is 3. The number of hydrogen-bond acceptors (Lipinski definition) is 3. The highest BCUT2D eigenvalue weighted by molar-refractivity contribution is 5.78. The number of nitrogens with one attached hydrogen (secondary N) is 1. The van der Waals surface area contributed by atoms with E-state index in [-0.39, 0.29) is 23.5 Å². The van der Waals surface area contributed by atoms with Crippen molar-refractivity contribution in [2.45, 2.75) is 33.0 Å². The van der Waals surface area contributed by atoms with Crippen molar-refractivity contribution < 1.29 is 9.53 Å². The Morgan fingerprint density at radius 3 is 2.52 bits per heavy atom. The lowest BCUT2D eigenvalue weighted by molar-refractivity contribution is -0.156.